The normalized spacial score (nSPS) is 13.1. The van der Waals surface area contributed by atoms with Crippen molar-refractivity contribution in [2.24, 2.45) is 5.73 Å². The Bertz CT molecular complexity index is 299. The number of hydrogen-bond donors (Lipinski definition) is 1. The van der Waals surface area contributed by atoms with Crippen LogP contribution in [0.4, 0.5) is 0 Å². The molecule has 1 rings (SSSR count). The van der Waals surface area contributed by atoms with E-state index in [1.54, 1.807) is 0 Å². The average Bonchev–Trinajstić information content (AvgIpc) is 2.18. The molecule has 1 aromatic rings. The molecule has 0 spiro atoms. The summed E-state index contributed by atoms with van der Waals surface area (Å²) >= 11 is 6.07. The Morgan fingerprint density at radius 2 is 2.00 bits per heavy atom. The number of halogens is 1. The molecule has 1 unspecified atom stereocenters. The lowest BCUT2D eigenvalue weighted by Gasteiger charge is -2.15. The van der Waals surface area contributed by atoms with Gasteiger partial charge in [0.15, 0.2) is 0 Å². The minimum atomic E-state index is 0.187. The smallest absolute Gasteiger partial charge is 0.0438 e. The molecule has 1 atom stereocenters. The molecule has 3 heteroatoms. The Hall–Kier alpha value is -0.570. The van der Waals surface area contributed by atoms with E-state index in [1.165, 1.54) is 0 Å². The summed E-state index contributed by atoms with van der Waals surface area (Å²) in [6.45, 7) is 1.02. The molecule has 0 fully saturated rings. The lowest BCUT2D eigenvalue weighted by atomic mass is 10.0. The van der Waals surface area contributed by atoms with Gasteiger partial charge >= 0.3 is 0 Å². The predicted octanol–water partition coefficient (Wildman–Crippen LogP) is 2.16. The topological polar surface area (TPSA) is 29.3 Å². The van der Waals surface area contributed by atoms with Gasteiger partial charge in [0.05, 0.1) is 0 Å². The van der Waals surface area contributed by atoms with Gasteiger partial charge in [0.1, 0.15) is 0 Å². The molecule has 0 aliphatic rings. The Morgan fingerprint density at radius 3 is 2.60 bits per heavy atom. The molecule has 0 amide bonds. The van der Waals surface area contributed by atoms with Gasteiger partial charge in [-0.15, -0.1) is 0 Å². The Kier molecular flexibility index (Phi) is 5.09. The summed E-state index contributed by atoms with van der Waals surface area (Å²) in [6, 6.07) is 8.08. The average molecular weight is 227 g/mol. The molecule has 0 aliphatic carbocycles. The molecule has 0 bridgehead atoms. The molecule has 0 aliphatic heterocycles. The highest BCUT2D eigenvalue weighted by atomic mass is 35.5. The van der Waals surface area contributed by atoms with Gasteiger partial charge in [-0.2, -0.15) is 0 Å². The maximum Gasteiger partial charge on any atom is 0.0438 e. The van der Waals surface area contributed by atoms with Gasteiger partial charge in [0.2, 0.25) is 0 Å². The summed E-state index contributed by atoms with van der Waals surface area (Å²) in [5, 5.41) is 0.817. The van der Waals surface area contributed by atoms with Crippen molar-refractivity contribution in [3.63, 3.8) is 0 Å². The lowest BCUT2D eigenvalue weighted by molar-refractivity contribution is 0.379. The van der Waals surface area contributed by atoms with Crippen molar-refractivity contribution in [3.8, 4) is 0 Å². The van der Waals surface area contributed by atoms with Crippen molar-refractivity contribution in [2.45, 2.75) is 18.9 Å². The minimum absolute atomic E-state index is 0.187. The maximum atomic E-state index is 6.07. The zero-order chi connectivity index (χ0) is 11.3. The van der Waals surface area contributed by atoms with Crippen LogP contribution < -0.4 is 5.73 Å². The van der Waals surface area contributed by atoms with E-state index in [4.69, 9.17) is 17.3 Å². The van der Waals surface area contributed by atoms with Crippen LogP contribution in [-0.2, 0) is 6.42 Å². The molecule has 0 heterocycles. The lowest BCUT2D eigenvalue weighted by Crippen LogP contribution is -2.28. The highest BCUT2D eigenvalue weighted by Gasteiger charge is 2.06. The molecule has 0 saturated heterocycles. The van der Waals surface area contributed by atoms with Crippen LogP contribution in [0.5, 0.6) is 0 Å². The molecule has 15 heavy (non-hydrogen) atoms. The molecular formula is C12H19ClN2. The first kappa shape index (κ1) is 12.5. The number of benzene rings is 1. The summed E-state index contributed by atoms with van der Waals surface area (Å²) < 4.78 is 0. The van der Waals surface area contributed by atoms with E-state index in [0.29, 0.717) is 0 Å². The second-order valence-corrected chi connectivity index (χ2v) is 4.55. The van der Waals surface area contributed by atoms with Crippen LogP contribution in [0, 0.1) is 0 Å². The van der Waals surface area contributed by atoms with E-state index in [2.05, 4.69) is 19.0 Å². The van der Waals surface area contributed by atoms with Crippen molar-refractivity contribution in [3.05, 3.63) is 34.9 Å². The molecule has 84 valence electrons. The van der Waals surface area contributed by atoms with Crippen molar-refractivity contribution in [2.75, 3.05) is 20.6 Å². The quantitative estimate of drug-likeness (QED) is 0.834. The third-order valence-corrected chi connectivity index (χ3v) is 2.76. The summed E-state index contributed by atoms with van der Waals surface area (Å²) in [5.41, 5.74) is 7.18. The predicted molar refractivity (Wildman–Crippen MR) is 66.3 cm³/mol. The SMILES string of the molecule is CN(C)CCC(N)Cc1ccccc1Cl. The highest BCUT2D eigenvalue weighted by molar-refractivity contribution is 6.31. The van der Waals surface area contributed by atoms with E-state index >= 15 is 0 Å². The molecule has 0 radical (unpaired) electrons. The Balaban J connectivity index is 2.44. The molecule has 2 nitrogen and oxygen atoms in total. The first-order valence-electron chi connectivity index (χ1n) is 5.23. The van der Waals surface area contributed by atoms with Gasteiger partial charge in [-0.3, -0.25) is 0 Å². The zero-order valence-electron chi connectivity index (χ0n) is 9.41. The molecule has 1 aromatic carbocycles. The molecule has 2 N–H and O–H groups in total. The Morgan fingerprint density at radius 1 is 1.33 bits per heavy atom. The molecular weight excluding hydrogens is 208 g/mol. The largest absolute Gasteiger partial charge is 0.327 e. The maximum absolute atomic E-state index is 6.07. The number of hydrogen-bond acceptors (Lipinski definition) is 2. The van der Waals surface area contributed by atoms with E-state index in [-0.39, 0.29) is 6.04 Å². The van der Waals surface area contributed by atoms with Crippen molar-refractivity contribution >= 4 is 11.6 Å². The van der Waals surface area contributed by atoms with Crippen LogP contribution in [0.2, 0.25) is 5.02 Å². The summed E-state index contributed by atoms with van der Waals surface area (Å²) in [6.07, 6.45) is 1.85. The Labute approximate surface area is 97.0 Å². The minimum Gasteiger partial charge on any atom is -0.327 e. The van der Waals surface area contributed by atoms with E-state index in [0.717, 1.165) is 30.0 Å². The fraction of sp³-hybridized carbons (Fsp3) is 0.500. The summed E-state index contributed by atoms with van der Waals surface area (Å²) in [5.74, 6) is 0. The first-order valence-corrected chi connectivity index (χ1v) is 5.61. The summed E-state index contributed by atoms with van der Waals surface area (Å²) in [7, 11) is 4.12. The van der Waals surface area contributed by atoms with E-state index in [9.17, 15) is 0 Å². The fourth-order valence-electron chi connectivity index (χ4n) is 1.47. The van der Waals surface area contributed by atoms with Crippen LogP contribution in [-0.4, -0.2) is 31.6 Å². The van der Waals surface area contributed by atoms with Crippen LogP contribution in [0.15, 0.2) is 24.3 Å². The van der Waals surface area contributed by atoms with Gasteiger partial charge in [0.25, 0.3) is 0 Å². The van der Waals surface area contributed by atoms with Crippen LogP contribution in [0.3, 0.4) is 0 Å². The van der Waals surface area contributed by atoms with Crippen molar-refractivity contribution in [1.29, 1.82) is 0 Å². The third-order valence-electron chi connectivity index (χ3n) is 2.39. The van der Waals surface area contributed by atoms with Gasteiger partial charge < -0.3 is 10.6 Å². The molecule has 0 aromatic heterocycles. The van der Waals surface area contributed by atoms with E-state index in [1.807, 2.05) is 24.3 Å². The number of rotatable bonds is 5. The van der Waals surface area contributed by atoms with Crippen LogP contribution >= 0.6 is 11.6 Å². The first-order chi connectivity index (χ1) is 7.09. The number of nitrogens with zero attached hydrogens (tertiary/aromatic N) is 1. The fourth-order valence-corrected chi connectivity index (χ4v) is 1.69. The zero-order valence-corrected chi connectivity index (χ0v) is 10.2. The molecule has 0 saturated carbocycles. The van der Waals surface area contributed by atoms with Crippen LogP contribution in [0.25, 0.3) is 0 Å². The van der Waals surface area contributed by atoms with Gasteiger partial charge in [-0.1, -0.05) is 29.8 Å². The van der Waals surface area contributed by atoms with Gasteiger partial charge in [-0.05, 0) is 45.1 Å². The third kappa shape index (κ3) is 4.65. The van der Waals surface area contributed by atoms with Gasteiger partial charge in [0, 0.05) is 11.1 Å². The standard InChI is InChI=1S/C12H19ClN2/c1-15(2)8-7-11(14)9-10-5-3-4-6-12(10)13/h3-6,11H,7-9,14H2,1-2H3. The van der Waals surface area contributed by atoms with E-state index < -0.39 is 0 Å². The van der Waals surface area contributed by atoms with Crippen LogP contribution in [0.1, 0.15) is 12.0 Å². The van der Waals surface area contributed by atoms with Gasteiger partial charge in [-0.25, -0.2) is 0 Å². The second kappa shape index (κ2) is 6.11. The number of nitrogens with two attached hydrogens (primary N) is 1. The second-order valence-electron chi connectivity index (χ2n) is 4.15. The summed E-state index contributed by atoms with van der Waals surface area (Å²) in [4.78, 5) is 2.15. The highest BCUT2D eigenvalue weighted by Crippen LogP contribution is 2.16. The monoisotopic (exact) mass is 226 g/mol. The van der Waals surface area contributed by atoms with Crippen molar-refractivity contribution in [1.82, 2.24) is 4.90 Å². The van der Waals surface area contributed by atoms with Crippen molar-refractivity contribution < 1.29 is 0 Å².